The number of amides is 1. The maximum absolute atomic E-state index is 11.4. The Bertz CT molecular complexity index is 403. The van der Waals surface area contributed by atoms with E-state index in [4.69, 9.17) is 0 Å². The fourth-order valence-corrected chi connectivity index (χ4v) is 1.58. The molecule has 1 aromatic heterocycles. The molecule has 0 saturated heterocycles. The molecule has 90 valence electrons. The first-order valence-corrected chi connectivity index (χ1v) is 5.93. The molecule has 5 nitrogen and oxygen atoms in total. The number of H-pyrrole nitrogens is 1. The minimum absolute atomic E-state index is 0.0754. The molecule has 1 amide bonds. The van der Waals surface area contributed by atoms with Gasteiger partial charge in [-0.15, -0.1) is 0 Å². The number of nitrogens with one attached hydrogen (secondary N) is 3. The summed E-state index contributed by atoms with van der Waals surface area (Å²) in [6.45, 7) is 6.63. The van der Waals surface area contributed by atoms with Crippen molar-refractivity contribution >= 4 is 17.2 Å². The van der Waals surface area contributed by atoms with Crippen LogP contribution in [0.2, 0.25) is 0 Å². The summed E-state index contributed by atoms with van der Waals surface area (Å²) in [4.78, 5) is 24.8. The summed E-state index contributed by atoms with van der Waals surface area (Å²) in [5.41, 5.74) is 0.660. The zero-order chi connectivity index (χ0) is 12.2. The molecule has 1 aromatic rings. The molecular formula is C10H17N3O2S. The molecule has 1 heterocycles. The molecule has 0 spiro atoms. The van der Waals surface area contributed by atoms with Crippen molar-refractivity contribution in [1.29, 1.82) is 0 Å². The highest BCUT2D eigenvalue weighted by molar-refractivity contribution is 7.07. The van der Waals surface area contributed by atoms with Crippen LogP contribution < -0.4 is 15.5 Å². The zero-order valence-corrected chi connectivity index (χ0v) is 10.5. The van der Waals surface area contributed by atoms with E-state index in [9.17, 15) is 9.59 Å². The SMILES string of the molecule is CC(C)(C)NCC(=O)NCc1csc(=O)[nH]1. The van der Waals surface area contributed by atoms with Gasteiger partial charge in [0.15, 0.2) is 0 Å². The van der Waals surface area contributed by atoms with E-state index in [1.54, 1.807) is 5.38 Å². The number of carbonyl (C=O) groups is 1. The predicted octanol–water partition coefficient (Wildman–Crippen LogP) is 0.441. The van der Waals surface area contributed by atoms with Gasteiger partial charge in [0.05, 0.1) is 13.1 Å². The number of thiazole rings is 1. The second kappa shape index (κ2) is 5.27. The molecule has 0 aliphatic heterocycles. The summed E-state index contributed by atoms with van der Waals surface area (Å²) < 4.78 is 0. The first-order valence-electron chi connectivity index (χ1n) is 5.05. The molecule has 1 rings (SSSR count). The smallest absolute Gasteiger partial charge is 0.304 e. The third-order valence-corrected chi connectivity index (χ3v) is 2.54. The number of hydrogen-bond donors (Lipinski definition) is 3. The minimum atomic E-state index is -0.0999. The van der Waals surface area contributed by atoms with Crippen LogP contribution >= 0.6 is 11.3 Å². The Morgan fingerprint density at radius 3 is 2.69 bits per heavy atom. The first kappa shape index (κ1) is 12.9. The van der Waals surface area contributed by atoms with Crippen molar-refractivity contribution in [2.75, 3.05) is 6.54 Å². The molecule has 0 bridgehead atoms. The monoisotopic (exact) mass is 243 g/mol. The summed E-state index contributed by atoms with van der Waals surface area (Å²) in [7, 11) is 0. The van der Waals surface area contributed by atoms with E-state index in [1.165, 1.54) is 0 Å². The summed E-state index contributed by atoms with van der Waals surface area (Å²) >= 11 is 1.10. The van der Waals surface area contributed by atoms with Gasteiger partial charge in [-0.3, -0.25) is 9.59 Å². The Hall–Kier alpha value is -1.14. The number of carbonyl (C=O) groups excluding carboxylic acids is 1. The molecule has 0 aliphatic carbocycles. The molecule has 6 heteroatoms. The predicted molar refractivity (Wildman–Crippen MR) is 64.5 cm³/mol. The Kier molecular flexibility index (Phi) is 4.26. The average Bonchev–Trinajstić information content (AvgIpc) is 2.57. The largest absolute Gasteiger partial charge is 0.349 e. The van der Waals surface area contributed by atoms with Gasteiger partial charge in [-0.25, -0.2) is 0 Å². The van der Waals surface area contributed by atoms with Crippen molar-refractivity contribution in [3.63, 3.8) is 0 Å². The molecule has 0 atom stereocenters. The van der Waals surface area contributed by atoms with Crippen LogP contribution in [-0.4, -0.2) is 23.0 Å². The van der Waals surface area contributed by atoms with Gasteiger partial charge in [0.25, 0.3) is 0 Å². The number of aromatic amines is 1. The fraction of sp³-hybridized carbons (Fsp3) is 0.600. The van der Waals surface area contributed by atoms with E-state index in [2.05, 4.69) is 15.6 Å². The van der Waals surface area contributed by atoms with Crippen LogP contribution in [0.15, 0.2) is 10.2 Å². The van der Waals surface area contributed by atoms with Crippen molar-refractivity contribution in [2.45, 2.75) is 32.9 Å². The summed E-state index contributed by atoms with van der Waals surface area (Å²) in [5, 5.41) is 7.51. The summed E-state index contributed by atoms with van der Waals surface area (Å²) in [5.74, 6) is -0.0815. The Morgan fingerprint density at radius 1 is 1.50 bits per heavy atom. The molecule has 0 radical (unpaired) electrons. The molecular weight excluding hydrogens is 226 g/mol. The van der Waals surface area contributed by atoms with E-state index < -0.39 is 0 Å². The van der Waals surface area contributed by atoms with Crippen LogP contribution in [0.5, 0.6) is 0 Å². The highest BCUT2D eigenvalue weighted by Gasteiger charge is 2.10. The van der Waals surface area contributed by atoms with E-state index in [1.807, 2.05) is 20.8 Å². The zero-order valence-electron chi connectivity index (χ0n) is 9.72. The molecule has 0 aliphatic rings. The maximum atomic E-state index is 11.4. The second-order valence-corrected chi connectivity index (χ2v) is 5.40. The fourth-order valence-electron chi connectivity index (χ4n) is 1.00. The third kappa shape index (κ3) is 5.09. The second-order valence-electron chi connectivity index (χ2n) is 4.55. The average molecular weight is 243 g/mol. The first-order chi connectivity index (χ1) is 7.37. The third-order valence-electron chi connectivity index (χ3n) is 1.83. The van der Waals surface area contributed by atoms with Crippen molar-refractivity contribution in [3.8, 4) is 0 Å². The molecule has 0 aromatic carbocycles. The van der Waals surface area contributed by atoms with Gasteiger partial charge in [-0.2, -0.15) is 0 Å². The van der Waals surface area contributed by atoms with E-state index >= 15 is 0 Å². The van der Waals surface area contributed by atoms with E-state index in [0.717, 1.165) is 17.0 Å². The standard InChI is InChI=1S/C10H17N3O2S/c1-10(2,3)12-5-8(14)11-4-7-6-16-9(15)13-7/h6,12H,4-5H2,1-3H3,(H,11,14)(H,13,15). The highest BCUT2D eigenvalue weighted by atomic mass is 32.1. The number of hydrogen-bond acceptors (Lipinski definition) is 4. The van der Waals surface area contributed by atoms with Gasteiger partial charge < -0.3 is 15.6 Å². The molecule has 0 unspecified atom stereocenters. The summed E-state index contributed by atoms with van der Waals surface area (Å²) in [6, 6.07) is 0. The van der Waals surface area contributed by atoms with Crippen LogP contribution in [0.1, 0.15) is 26.5 Å². The quantitative estimate of drug-likeness (QED) is 0.718. The van der Waals surface area contributed by atoms with Gasteiger partial charge in [0.2, 0.25) is 5.91 Å². The lowest BCUT2D eigenvalue weighted by atomic mass is 10.1. The van der Waals surface area contributed by atoms with Crippen LogP contribution in [0, 0.1) is 0 Å². The summed E-state index contributed by atoms with van der Waals surface area (Å²) in [6.07, 6.45) is 0. The highest BCUT2D eigenvalue weighted by Crippen LogP contribution is 1.97. The van der Waals surface area contributed by atoms with Crippen LogP contribution in [-0.2, 0) is 11.3 Å². The van der Waals surface area contributed by atoms with Crippen LogP contribution in [0.25, 0.3) is 0 Å². The molecule has 3 N–H and O–H groups in total. The minimum Gasteiger partial charge on any atom is -0.349 e. The normalized spacial score (nSPS) is 11.4. The van der Waals surface area contributed by atoms with Gasteiger partial charge in [0, 0.05) is 16.6 Å². The van der Waals surface area contributed by atoms with Gasteiger partial charge in [0.1, 0.15) is 0 Å². The van der Waals surface area contributed by atoms with Crippen molar-refractivity contribution in [1.82, 2.24) is 15.6 Å². The van der Waals surface area contributed by atoms with Crippen molar-refractivity contribution in [2.24, 2.45) is 0 Å². The molecule has 16 heavy (non-hydrogen) atoms. The number of aromatic nitrogens is 1. The van der Waals surface area contributed by atoms with Crippen molar-refractivity contribution < 1.29 is 4.79 Å². The molecule has 0 saturated carbocycles. The van der Waals surface area contributed by atoms with Crippen LogP contribution in [0.4, 0.5) is 0 Å². The van der Waals surface area contributed by atoms with E-state index in [-0.39, 0.29) is 22.9 Å². The lowest BCUT2D eigenvalue weighted by molar-refractivity contribution is -0.120. The van der Waals surface area contributed by atoms with Crippen molar-refractivity contribution in [3.05, 3.63) is 20.7 Å². The number of rotatable bonds is 4. The topological polar surface area (TPSA) is 74.0 Å². The van der Waals surface area contributed by atoms with Crippen LogP contribution in [0.3, 0.4) is 0 Å². The lowest BCUT2D eigenvalue weighted by Gasteiger charge is -2.19. The Balaban J connectivity index is 2.28. The van der Waals surface area contributed by atoms with Gasteiger partial charge in [-0.1, -0.05) is 11.3 Å². The maximum Gasteiger partial charge on any atom is 0.304 e. The molecule has 0 fully saturated rings. The van der Waals surface area contributed by atoms with Gasteiger partial charge in [-0.05, 0) is 20.8 Å². The Labute approximate surface area is 98.3 Å². The Morgan fingerprint density at radius 2 is 2.19 bits per heavy atom. The lowest BCUT2D eigenvalue weighted by Crippen LogP contribution is -2.43. The van der Waals surface area contributed by atoms with Gasteiger partial charge >= 0.3 is 4.87 Å². The van der Waals surface area contributed by atoms with E-state index in [0.29, 0.717) is 6.54 Å².